The minimum absolute atomic E-state index is 0.0329. The number of hydrogen-bond acceptors (Lipinski definition) is 7. The first-order chi connectivity index (χ1) is 12.6. The van der Waals surface area contributed by atoms with Gasteiger partial charge in [-0.2, -0.15) is 0 Å². The zero-order chi connectivity index (χ0) is 18.1. The summed E-state index contributed by atoms with van der Waals surface area (Å²) in [6.07, 6.45) is 1.56. The third-order valence-corrected chi connectivity index (χ3v) is 3.91. The van der Waals surface area contributed by atoms with Gasteiger partial charge in [-0.1, -0.05) is 5.16 Å². The van der Waals surface area contributed by atoms with Crippen molar-refractivity contribution in [2.45, 2.75) is 6.61 Å². The van der Waals surface area contributed by atoms with Crippen molar-refractivity contribution in [3.8, 4) is 22.8 Å². The molecule has 0 unspecified atom stereocenters. The van der Waals surface area contributed by atoms with E-state index in [9.17, 15) is 9.59 Å². The molecular weight excluding hydrogens is 340 g/mol. The Balaban J connectivity index is 1.46. The van der Waals surface area contributed by atoms with Crippen LogP contribution >= 0.6 is 0 Å². The standard InChI is InChI=1S/C18H14N2O6/c1-20-6-2-3-13(17(20)21)18(22)23-9-12-8-15(26-19-12)11-4-5-14-16(7-11)25-10-24-14/h2-8H,9-10H2,1H3. The maximum Gasteiger partial charge on any atom is 0.344 e. The number of rotatable bonds is 4. The monoisotopic (exact) mass is 354 g/mol. The molecule has 3 heterocycles. The fraction of sp³-hybridized carbons (Fsp3) is 0.167. The molecule has 0 aliphatic carbocycles. The van der Waals surface area contributed by atoms with Crippen LogP contribution in [0.4, 0.5) is 0 Å². The van der Waals surface area contributed by atoms with Crippen molar-refractivity contribution in [1.29, 1.82) is 0 Å². The molecule has 132 valence electrons. The highest BCUT2D eigenvalue weighted by Gasteiger charge is 2.17. The van der Waals surface area contributed by atoms with Gasteiger partial charge in [-0.15, -0.1) is 0 Å². The van der Waals surface area contributed by atoms with E-state index in [1.807, 2.05) is 6.07 Å². The average molecular weight is 354 g/mol. The maximum absolute atomic E-state index is 12.1. The Morgan fingerprint density at radius 3 is 2.96 bits per heavy atom. The minimum atomic E-state index is -0.709. The van der Waals surface area contributed by atoms with Crippen LogP contribution in [0, 0.1) is 0 Å². The van der Waals surface area contributed by atoms with Crippen LogP contribution in [0.15, 0.2) is 51.9 Å². The van der Waals surface area contributed by atoms with Gasteiger partial charge in [0, 0.05) is 24.9 Å². The SMILES string of the molecule is Cn1cccc(C(=O)OCc2cc(-c3ccc4c(c3)OCO4)on2)c1=O. The molecule has 3 aromatic rings. The van der Waals surface area contributed by atoms with Crippen molar-refractivity contribution in [2.75, 3.05) is 6.79 Å². The van der Waals surface area contributed by atoms with Crippen LogP contribution in [-0.2, 0) is 18.4 Å². The van der Waals surface area contributed by atoms with Gasteiger partial charge < -0.3 is 23.3 Å². The maximum atomic E-state index is 12.1. The molecule has 0 saturated carbocycles. The fourth-order valence-electron chi connectivity index (χ4n) is 2.54. The summed E-state index contributed by atoms with van der Waals surface area (Å²) < 4.78 is 22.3. The lowest BCUT2D eigenvalue weighted by molar-refractivity contribution is 0.0461. The second-order valence-corrected chi connectivity index (χ2v) is 5.66. The molecule has 0 amide bonds. The molecule has 1 aliphatic rings. The van der Waals surface area contributed by atoms with Crippen LogP contribution in [0.3, 0.4) is 0 Å². The summed E-state index contributed by atoms with van der Waals surface area (Å²) in [6, 6.07) is 10.1. The molecular formula is C18H14N2O6. The average Bonchev–Trinajstić information content (AvgIpc) is 3.30. The molecule has 8 heteroatoms. The predicted molar refractivity (Wildman–Crippen MR) is 88.9 cm³/mol. The van der Waals surface area contributed by atoms with Gasteiger partial charge in [0.1, 0.15) is 17.9 Å². The zero-order valence-electron chi connectivity index (χ0n) is 13.8. The van der Waals surface area contributed by atoms with Crippen LogP contribution in [-0.4, -0.2) is 22.5 Å². The molecule has 0 spiro atoms. The number of benzene rings is 1. The molecule has 1 aliphatic heterocycles. The van der Waals surface area contributed by atoms with E-state index < -0.39 is 11.5 Å². The van der Waals surface area contributed by atoms with Gasteiger partial charge in [-0.05, 0) is 30.3 Å². The molecule has 8 nitrogen and oxygen atoms in total. The smallest absolute Gasteiger partial charge is 0.344 e. The van der Waals surface area contributed by atoms with E-state index in [4.69, 9.17) is 18.7 Å². The van der Waals surface area contributed by atoms with E-state index in [1.165, 1.54) is 10.6 Å². The van der Waals surface area contributed by atoms with Gasteiger partial charge in [0.05, 0.1) is 0 Å². The first-order valence-electron chi connectivity index (χ1n) is 7.80. The molecule has 0 N–H and O–H groups in total. The van der Waals surface area contributed by atoms with Crippen molar-refractivity contribution >= 4 is 5.97 Å². The van der Waals surface area contributed by atoms with Crippen LogP contribution in [0.5, 0.6) is 11.5 Å². The van der Waals surface area contributed by atoms with Crippen LogP contribution in [0.25, 0.3) is 11.3 Å². The highest BCUT2D eigenvalue weighted by atomic mass is 16.7. The highest BCUT2D eigenvalue weighted by Crippen LogP contribution is 2.36. The quantitative estimate of drug-likeness (QED) is 0.663. The summed E-state index contributed by atoms with van der Waals surface area (Å²) in [5, 5.41) is 3.88. The lowest BCUT2D eigenvalue weighted by Gasteiger charge is -2.03. The Labute approximate surface area is 147 Å². The number of pyridine rings is 1. The summed E-state index contributed by atoms with van der Waals surface area (Å²) in [5.41, 5.74) is 0.739. The number of esters is 1. The Hall–Kier alpha value is -3.55. The second kappa shape index (κ2) is 6.40. The number of hydrogen-bond donors (Lipinski definition) is 0. The highest BCUT2D eigenvalue weighted by molar-refractivity contribution is 5.88. The molecule has 2 aromatic heterocycles. The van der Waals surface area contributed by atoms with Crippen LogP contribution in [0.2, 0.25) is 0 Å². The molecule has 26 heavy (non-hydrogen) atoms. The lowest BCUT2D eigenvalue weighted by atomic mass is 10.1. The fourth-order valence-corrected chi connectivity index (χ4v) is 2.54. The Bertz CT molecular complexity index is 1040. The minimum Gasteiger partial charge on any atom is -0.455 e. The normalized spacial score (nSPS) is 12.2. The second-order valence-electron chi connectivity index (χ2n) is 5.66. The molecule has 0 fully saturated rings. The number of fused-ring (bicyclic) bond motifs is 1. The number of aromatic nitrogens is 2. The van der Waals surface area contributed by atoms with E-state index in [-0.39, 0.29) is 19.0 Å². The summed E-state index contributed by atoms with van der Waals surface area (Å²) in [4.78, 5) is 24.0. The Morgan fingerprint density at radius 2 is 2.08 bits per heavy atom. The first kappa shape index (κ1) is 15.9. The Kier molecular flexibility index (Phi) is 3.92. The van der Waals surface area contributed by atoms with Gasteiger partial charge in [-0.3, -0.25) is 4.79 Å². The topological polar surface area (TPSA) is 92.8 Å². The van der Waals surface area contributed by atoms with Gasteiger partial charge in [0.25, 0.3) is 5.56 Å². The van der Waals surface area contributed by atoms with E-state index in [0.29, 0.717) is 23.0 Å². The summed E-state index contributed by atoms with van der Waals surface area (Å²) in [7, 11) is 1.56. The molecule has 0 bridgehead atoms. The van der Waals surface area contributed by atoms with Crippen LogP contribution < -0.4 is 15.0 Å². The summed E-state index contributed by atoms with van der Waals surface area (Å²) in [5.74, 6) is 1.10. The number of carbonyl (C=O) groups excluding carboxylic acids is 1. The largest absolute Gasteiger partial charge is 0.455 e. The number of carbonyl (C=O) groups is 1. The lowest BCUT2D eigenvalue weighted by Crippen LogP contribution is -2.24. The summed E-state index contributed by atoms with van der Waals surface area (Å²) >= 11 is 0. The third kappa shape index (κ3) is 2.92. The molecule has 4 rings (SSSR count). The van der Waals surface area contributed by atoms with E-state index >= 15 is 0 Å². The van der Waals surface area contributed by atoms with Crippen molar-refractivity contribution in [3.05, 3.63) is 64.2 Å². The number of nitrogens with zero attached hydrogens (tertiary/aromatic N) is 2. The zero-order valence-corrected chi connectivity index (χ0v) is 13.8. The summed E-state index contributed by atoms with van der Waals surface area (Å²) in [6.45, 7) is 0.0836. The van der Waals surface area contributed by atoms with Gasteiger partial charge in [0.15, 0.2) is 17.3 Å². The van der Waals surface area contributed by atoms with Gasteiger partial charge >= 0.3 is 5.97 Å². The van der Waals surface area contributed by atoms with Gasteiger partial charge in [0.2, 0.25) is 6.79 Å². The van der Waals surface area contributed by atoms with Crippen molar-refractivity contribution < 1.29 is 23.5 Å². The van der Waals surface area contributed by atoms with E-state index in [2.05, 4.69) is 5.16 Å². The van der Waals surface area contributed by atoms with Crippen molar-refractivity contribution in [2.24, 2.45) is 7.05 Å². The molecule has 1 aromatic carbocycles. The van der Waals surface area contributed by atoms with Gasteiger partial charge in [-0.25, -0.2) is 4.79 Å². The molecule has 0 saturated heterocycles. The number of ether oxygens (including phenoxy) is 3. The Morgan fingerprint density at radius 1 is 1.23 bits per heavy atom. The van der Waals surface area contributed by atoms with Crippen molar-refractivity contribution in [1.82, 2.24) is 9.72 Å². The molecule has 0 radical (unpaired) electrons. The first-order valence-corrected chi connectivity index (χ1v) is 7.80. The van der Waals surface area contributed by atoms with E-state index in [0.717, 1.165) is 5.56 Å². The third-order valence-electron chi connectivity index (χ3n) is 3.91. The van der Waals surface area contributed by atoms with Crippen molar-refractivity contribution in [3.63, 3.8) is 0 Å². The van der Waals surface area contributed by atoms with Crippen LogP contribution in [0.1, 0.15) is 16.1 Å². The predicted octanol–water partition coefficient (Wildman–Crippen LogP) is 2.13. The van der Waals surface area contributed by atoms with E-state index in [1.54, 1.807) is 37.5 Å². The molecule has 0 atom stereocenters. The number of aryl methyl sites for hydroxylation is 1.